The van der Waals surface area contributed by atoms with Crippen LogP contribution < -0.4 is 0 Å². The minimum absolute atomic E-state index is 0.0662. The molecule has 0 spiro atoms. The molecule has 1 aromatic rings. The Balaban J connectivity index is 2.05. The summed E-state index contributed by atoms with van der Waals surface area (Å²) >= 11 is 0. The van der Waals surface area contributed by atoms with Crippen molar-refractivity contribution in [2.75, 3.05) is 26.7 Å². The number of likely N-dealkylation sites (N-methyl/N-ethyl adjacent to an activating group) is 1. The third-order valence-corrected chi connectivity index (χ3v) is 3.85. The summed E-state index contributed by atoms with van der Waals surface area (Å²) < 4.78 is 18.6. The molecule has 0 saturated carbocycles. The number of morpholine rings is 1. The number of amides is 2. The van der Waals surface area contributed by atoms with Gasteiger partial charge in [-0.15, -0.1) is 0 Å². The highest BCUT2D eigenvalue weighted by Crippen LogP contribution is 2.21. The van der Waals surface area contributed by atoms with E-state index in [-0.39, 0.29) is 24.2 Å². The predicted molar refractivity (Wildman–Crippen MR) is 79.5 cm³/mol. The molecule has 5 nitrogen and oxygen atoms in total. The highest BCUT2D eigenvalue weighted by molar-refractivity contribution is 5.86. The van der Waals surface area contributed by atoms with Gasteiger partial charge in [0.1, 0.15) is 5.82 Å². The van der Waals surface area contributed by atoms with Crippen LogP contribution >= 0.6 is 0 Å². The number of carbonyl (C=O) groups is 2. The molecule has 6 heteroatoms. The van der Waals surface area contributed by atoms with Gasteiger partial charge in [-0.05, 0) is 24.6 Å². The van der Waals surface area contributed by atoms with Gasteiger partial charge in [-0.1, -0.05) is 12.1 Å². The Morgan fingerprint density at radius 3 is 2.59 bits per heavy atom. The van der Waals surface area contributed by atoms with Crippen molar-refractivity contribution in [3.63, 3.8) is 0 Å². The van der Waals surface area contributed by atoms with Crippen LogP contribution in [0.15, 0.2) is 24.3 Å². The van der Waals surface area contributed by atoms with Crippen LogP contribution in [0.5, 0.6) is 0 Å². The van der Waals surface area contributed by atoms with E-state index in [1.807, 2.05) is 0 Å². The number of rotatable bonds is 3. The summed E-state index contributed by atoms with van der Waals surface area (Å²) in [6.07, 6.45) is 0. The fourth-order valence-corrected chi connectivity index (χ4v) is 2.61. The zero-order chi connectivity index (χ0) is 16.3. The SMILES string of the molecule is CC(=O)N1CCOC(C)(C(=O)N(C)Cc2ccc(F)cc2)C1. The van der Waals surface area contributed by atoms with Gasteiger partial charge in [0, 0.05) is 27.1 Å². The summed E-state index contributed by atoms with van der Waals surface area (Å²) in [5.74, 6) is -0.566. The Kier molecular flexibility index (Phi) is 4.81. The molecule has 22 heavy (non-hydrogen) atoms. The van der Waals surface area contributed by atoms with Crippen LogP contribution in [-0.2, 0) is 20.9 Å². The fourth-order valence-electron chi connectivity index (χ4n) is 2.61. The normalized spacial score (nSPS) is 21.5. The number of hydrogen-bond donors (Lipinski definition) is 0. The van der Waals surface area contributed by atoms with Crippen molar-refractivity contribution in [2.24, 2.45) is 0 Å². The summed E-state index contributed by atoms with van der Waals surface area (Å²) in [6.45, 7) is 4.63. The molecule has 0 radical (unpaired) electrons. The van der Waals surface area contributed by atoms with Gasteiger partial charge in [0.2, 0.25) is 5.91 Å². The topological polar surface area (TPSA) is 49.9 Å². The third-order valence-electron chi connectivity index (χ3n) is 3.85. The molecule has 1 saturated heterocycles. The largest absolute Gasteiger partial charge is 0.362 e. The van der Waals surface area contributed by atoms with Gasteiger partial charge in [0.25, 0.3) is 5.91 Å². The minimum atomic E-state index is -1.04. The Bertz CT molecular complexity index is 561. The predicted octanol–water partition coefficient (Wildman–Crippen LogP) is 1.42. The number of carbonyl (C=O) groups excluding carboxylic acids is 2. The van der Waals surface area contributed by atoms with Crippen LogP contribution in [0.3, 0.4) is 0 Å². The van der Waals surface area contributed by atoms with E-state index >= 15 is 0 Å². The van der Waals surface area contributed by atoms with Gasteiger partial charge in [-0.25, -0.2) is 4.39 Å². The molecule has 1 unspecified atom stereocenters. The fraction of sp³-hybridized carbons (Fsp3) is 0.500. The highest BCUT2D eigenvalue weighted by Gasteiger charge is 2.41. The molecule has 0 aliphatic carbocycles. The molecule has 1 fully saturated rings. The lowest BCUT2D eigenvalue weighted by Crippen LogP contribution is -2.59. The molecule has 2 amide bonds. The number of halogens is 1. The first-order valence-corrected chi connectivity index (χ1v) is 7.21. The molecule has 120 valence electrons. The Morgan fingerprint density at radius 1 is 1.36 bits per heavy atom. The van der Waals surface area contributed by atoms with Crippen LogP contribution in [0.4, 0.5) is 4.39 Å². The van der Waals surface area contributed by atoms with Gasteiger partial charge in [-0.2, -0.15) is 0 Å². The van der Waals surface area contributed by atoms with E-state index in [9.17, 15) is 14.0 Å². The van der Waals surface area contributed by atoms with Crippen LogP contribution in [-0.4, -0.2) is 54.0 Å². The van der Waals surface area contributed by atoms with E-state index in [2.05, 4.69) is 0 Å². The maximum Gasteiger partial charge on any atom is 0.256 e. The monoisotopic (exact) mass is 308 g/mol. The highest BCUT2D eigenvalue weighted by atomic mass is 19.1. The van der Waals surface area contributed by atoms with E-state index in [4.69, 9.17) is 4.74 Å². The maximum atomic E-state index is 12.9. The zero-order valence-corrected chi connectivity index (χ0v) is 13.1. The molecule has 0 aromatic heterocycles. The lowest BCUT2D eigenvalue weighted by Gasteiger charge is -2.40. The van der Waals surface area contributed by atoms with Gasteiger partial charge in [0.15, 0.2) is 5.60 Å². The minimum Gasteiger partial charge on any atom is -0.362 e. The molecular weight excluding hydrogens is 287 g/mol. The number of nitrogens with zero attached hydrogens (tertiary/aromatic N) is 2. The standard InChI is InChI=1S/C16H21FN2O3/c1-12(20)19-8-9-22-16(2,11-19)15(21)18(3)10-13-4-6-14(17)7-5-13/h4-7H,8-11H2,1-3H3. The second-order valence-electron chi connectivity index (χ2n) is 5.81. The summed E-state index contributed by atoms with van der Waals surface area (Å²) in [7, 11) is 1.67. The van der Waals surface area contributed by atoms with Crippen molar-refractivity contribution in [2.45, 2.75) is 26.0 Å². The van der Waals surface area contributed by atoms with Crippen molar-refractivity contribution in [1.29, 1.82) is 0 Å². The van der Waals surface area contributed by atoms with E-state index in [1.165, 1.54) is 24.0 Å². The molecule has 2 rings (SSSR count). The summed E-state index contributed by atoms with van der Waals surface area (Å²) in [5.41, 5.74) is -0.210. The average Bonchev–Trinajstić information content (AvgIpc) is 2.48. The van der Waals surface area contributed by atoms with Crippen molar-refractivity contribution < 1.29 is 18.7 Å². The molecule has 1 heterocycles. The first-order chi connectivity index (χ1) is 10.3. The van der Waals surface area contributed by atoms with Crippen molar-refractivity contribution in [1.82, 2.24) is 9.80 Å². The molecule has 1 aliphatic heterocycles. The maximum absolute atomic E-state index is 12.9. The number of benzene rings is 1. The second kappa shape index (κ2) is 6.44. The van der Waals surface area contributed by atoms with E-state index in [0.29, 0.717) is 19.7 Å². The molecule has 1 aliphatic rings. The Labute approximate surface area is 129 Å². The van der Waals surface area contributed by atoms with Crippen molar-refractivity contribution in [3.05, 3.63) is 35.6 Å². The van der Waals surface area contributed by atoms with E-state index in [0.717, 1.165) is 5.56 Å². The molecular formula is C16H21FN2O3. The summed E-state index contributed by atoms with van der Waals surface area (Å²) in [6, 6.07) is 6.02. The van der Waals surface area contributed by atoms with Gasteiger partial charge < -0.3 is 14.5 Å². The van der Waals surface area contributed by atoms with Crippen LogP contribution in [0.25, 0.3) is 0 Å². The number of ether oxygens (including phenoxy) is 1. The van der Waals surface area contributed by atoms with E-state index in [1.54, 1.807) is 31.0 Å². The van der Waals surface area contributed by atoms with Crippen molar-refractivity contribution in [3.8, 4) is 0 Å². The molecule has 1 atom stereocenters. The first-order valence-electron chi connectivity index (χ1n) is 7.21. The smallest absolute Gasteiger partial charge is 0.256 e. The molecule has 1 aromatic carbocycles. The van der Waals surface area contributed by atoms with Gasteiger partial charge in [0.05, 0.1) is 13.2 Å². The lowest BCUT2D eigenvalue weighted by atomic mass is 10.0. The average molecular weight is 308 g/mol. The van der Waals surface area contributed by atoms with Crippen LogP contribution in [0, 0.1) is 5.82 Å². The van der Waals surface area contributed by atoms with Crippen molar-refractivity contribution >= 4 is 11.8 Å². The van der Waals surface area contributed by atoms with Gasteiger partial charge in [-0.3, -0.25) is 9.59 Å². The van der Waals surface area contributed by atoms with Gasteiger partial charge >= 0.3 is 0 Å². The first kappa shape index (κ1) is 16.4. The van der Waals surface area contributed by atoms with E-state index < -0.39 is 5.60 Å². The van der Waals surface area contributed by atoms with Crippen LogP contribution in [0.2, 0.25) is 0 Å². The number of hydrogen-bond acceptors (Lipinski definition) is 3. The van der Waals surface area contributed by atoms with Crippen LogP contribution in [0.1, 0.15) is 19.4 Å². The lowest BCUT2D eigenvalue weighted by molar-refractivity contribution is -0.170. The quantitative estimate of drug-likeness (QED) is 0.848. The zero-order valence-electron chi connectivity index (χ0n) is 13.1. The third kappa shape index (κ3) is 3.62. The Hall–Kier alpha value is -1.95. The molecule has 0 bridgehead atoms. The molecule has 0 N–H and O–H groups in total. The summed E-state index contributed by atoms with van der Waals surface area (Å²) in [5, 5.41) is 0. The second-order valence-corrected chi connectivity index (χ2v) is 5.81. The summed E-state index contributed by atoms with van der Waals surface area (Å²) in [4.78, 5) is 27.3. The Morgan fingerprint density at radius 2 is 2.00 bits per heavy atom.